The second-order valence-electron chi connectivity index (χ2n) is 8.56. The summed E-state index contributed by atoms with van der Waals surface area (Å²) in [6.07, 6.45) is 4.21. The number of nitrogens with one attached hydrogen (secondary N) is 2. The summed E-state index contributed by atoms with van der Waals surface area (Å²) in [5.74, 6) is 1.31. The average molecular weight is 418 g/mol. The molecule has 1 aliphatic carbocycles. The lowest BCUT2D eigenvalue weighted by atomic mass is 10.0. The van der Waals surface area contributed by atoms with Gasteiger partial charge in [0.25, 0.3) is 0 Å². The topological polar surface area (TPSA) is 100 Å². The van der Waals surface area contributed by atoms with Crippen LogP contribution < -0.4 is 15.4 Å². The number of alkyl carbamates (subject to hydrolysis) is 1. The fourth-order valence-corrected chi connectivity index (χ4v) is 4.01. The van der Waals surface area contributed by atoms with Crippen molar-refractivity contribution in [1.29, 1.82) is 0 Å². The number of piperidine rings is 1. The summed E-state index contributed by atoms with van der Waals surface area (Å²) in [6, 6.07) is 5.73. The van der Waals surface area contributed by atoms with Gasteiger partial charge in [0.15, 0.2) is 0 Å². The van der Waals surface area contributed by atoms with Crippen LogP contribution in [0.15, 0.2) is 18.2 Å². The highest BCUT2D eigenvalue weighted by Gasteiger charge is 2.26. The molecule has 0 aromatic heterocycles. The number of rotatable bonds is 8. The molecule has 164 valence electrons. The number of likely N-dealkylation sites (tertiary alicyclic amines) is 1. The number of amides is 2. The Hall–Kier alpha value is -2.32. The fourth-order valence-electron chi connectivity index (χ4n) is 4.01. The van der Waals surface area contributed by atoms with Gasteiger partial charge in [-0.05, 0) is 50.2 Å². The summed E-state index contributed by atoms with van der Waals surface area (Å²) >= 11 is 0. The van der Waals surface area contributed by atoms with E-state index in [4.69, 9.17) is 9.47 Å². The molecule has 0 spiro atoms. The van der Waals surface area contributed by atoms with E-state index in [0.29, 0.717) is 31.9 Å². The third-order valence-electron chi connectivity index (χ3n) is 5.97. The zero-order valence-electron chi connectivity index (χ0n) is 17.3. The quantitative estimate of drug-likeness (QED) is 0.598. The Balaban J connectivity index is 1.16. The highest BCUT2D eigenvalue weighted by atomic mass is 16.5. The zero-order chi connectivity index (χ0) is 20.9. The van der Waals surface area contributed by atoms with Gasteiger partial charge in [0.2, 0.25) is 5.91 Å². The van der Waals surface area contributed by atoms with E-state index in [-0.39, 0.29) is 24.6 Å². The van der Waals surface area contributed by atoms with Gasteiger partial charge < -0.3 is 30.1 Å². The number of carbonyl (C=O) groups is 2. The third kappa shape index (κ3) is 5.86. The molecule has 1 saturated carbocycles. The van der Waals surface area contributed by atoms with Crippen molar-refractivity contribution in [3.63, 3.8) is 0 Å². The van der Waals surface area contributed by atoms with Gasteiger partial charge in [0.1, 0.15) is 18.5 Å². The van der Waals surface area contributed by atoms with Crippen LogP contribution in [0, 0.1) is 5.92 Å². The van der Waals surface area contributed by atoms with Crippen molar-refractivity contribution in [3.8, 4) is 5.75 Å². The summed E-state index contributed by atoms with van der Waals surface area (Å²) in [7, 11) is 0. The Morgan fingerprint density at radius 3 is 2.80 bits per heavy atom. The molecule has 8 nitrogen and oxygen atoms in total. The predicted molar refractivity (Wildman–Crippen MR) is 112 cm³/mol. The number of hydrogen-bond acceptors (Lipinski definition) is 6. The molecule has 2 amide bonds. The van der Waals surface area contributed by atoms with Gasteiger partial charge >= 0.3 is 6.09 Å². The van der Waals surface area contributed by atoms with Crippen LogP contribution in [0.5, 0.6) is 5.75 Å². The van der Waals surface area contributed by atoms with Crippen molar-refractivity contribution in [3.05, 3.63) is 23.8 Å². The summed E-state index contributed by atoms with van der Waals surface area (Å²) in [5, 5.41) is 16.2. The monoisotopic (exact) mass is 417 g/mol. The molecule has 1 unspecified atom stereocenters. The normalized spacial score (nSPS) is 20.8. The number of aliphatic hydroxyl groups is 1. The first-order valence-corrected chi connectivity index (χ1v) is 10.9. The Kier molecular flexibility index (Phi) is 6.74. The fraction of sp³-hybridized carbons (Fsp3) is 0.636. The van der Waals surface area contributed by atoms with Gasteiger partial charge in [0, 0.05) is 43.3 Å². The van der Waals surface area contributed by atoms with Crippen LogP contribution in [0.1, 0.15) is 37.7 Å². The molecular weight excluding hydrogens is 386 g/mol. The number of hydrogen-bond donors (Lipinski definition) is 3. The van der Waals surface area contributed by atoms with E-state index in [9.17, 15) is 14.7 Å². The molecule has 1 saturated heterocycles. The van der Waals surface area contributed by atoms with Crippen molar-refractivity contribution < 1.29 is 24.2 Å². The van der Waals surface area contributed by atoms with Gasteiger partial charge in [-0.1, -0.05) is 6.07 Å². The molecule has 2 aliphatic heterocycles. The van der Waals surface area contributed by atoms with E-state index in [0.717, 1.165) is 42.9 Å². The van der Waals surface area contributed by atoms with Crippen molar-refractivity contribution in [2.45, 2.75) is 50.7 Å². The number of nitrogens with zero attached hydrogens (tertiary/aromatic N) is 1. The maximum atomic E-state index is 11.8. The molecule has 4 rings (SSSR count). The van der Waals surface area contributed by atoms with Crippen LogP contribution in [0.25, 0.3) is 0 Å². The minimum absolute atomic E-state index is 0.0220. The molecule has 1 aromatic rings. The van der Waals surface area contributed by atoms with Crippen molar-refractivity contribution >= 4 is 17.7 Å². The molecule has 0 bridgehead atoms. The minimum atomic E-state index is -0.605. The van der Waals surface area contributed by atoms with E-state index >= 15 is 0 Å². The summed E-state index contributed by atoms with van der Waals surface area (Å²) in [4.78, 5) is 25.6. The molecule has 1 aromatic carbocycles. The minimum Gasteiger partial charge on any atom is -0.490 e. The van der Waals surface area contributed by atoms with Crippen molar-refractivity contribution in [2.75, 3.05) is 38.2 Å². The van der Waals surface area contributed by atoms with Crippen LogP contribution in [0.3, 0.4) is 0 Å². The van der Waals surface area contributed by atoms with Crippen molar-refractivity contribution in [2.24, 2.45) is 5.92 Å². The highest BCUT2D eigenvalue weighted by Crippen LogP contribution is 2.31. The van der Waals surface area contributed by atoms with Gasteiger partial charge in [-0.2, -0.15) is 0 Å². The van der Waals surface area contributed by atoms with Crippen LogP contribution in [0.4, 0.5) is 10.5 Å². The summed E-state index contributed by atoms with van der Waals surface area (Å²) in [6.45, 7) is 2.91. The van der Waals surface area contributed by atoms with Gasteiger partial charge in [0.05, 0.1) is 6.61 Å². The standard InChI is InChI=1S/C22H31N3O5/c26-17(14-29-20-3-1-2-19-18(20)6-7-21(27)24-19)12-25-10-8-16(9-11-25)23-22(28)30-13-15-4-5-15/h1-3,15-17,26H,4-14H2,(H,23,28)(H,24,27). The van der Waals surface area contributed by atoms with E-state index in [1.54, 1.807) is 0 Å². The highest BCUT2D eigenvalue weighted by molar-refractivity contribution is 5.94. The number of aliphatic hydroxyl groups excluding tert-OH is 1. The Labute approximate surface area is 176 Å². The lowest BCUT2D eigenvalue weighted by Gasteiger charge is -2.33. The van der Waals surface area contributed by atoms with Crippen molar-refractivity contribution in [1.82, 2.24) is 10.2 Å². The first-order valence-electron chi connectivity index (χ1n) is 10.9. The smallest absolute Gasteiger partial charge is 0.407 e. The largest absolute Gasteiger partial charge is 0.490 e. The summed E-state index contributed by atoms with van der Waals surface area (Å²) < 4.78 is 11.1. The van der Waals surface area contributed by atoms with Gasteiger partial charge in [-0.25, -0.2) is 4.79 Å². The molecule has 0 radical (unpaired) electrons. The SMILES string of the molecule is O=C1CCc2c(cccc2OCC(O)CN2CCC(NC(=O)OCC3CC3)CC2)N1. The molecule has 3 N–H and O–H groups in total. The Bertz CT molecular complexity index is 759. The Morgan fingerprint density at radius 2 is 2.03 bits per heavy atom. The maximum Gasteiger partial charge on any atom is 0.407 e. The molecule has 8 heteroatoms. The predicted octanol–water partition coefficient (Wildman–Crippen LogP) is 1.91. The molecule has 30 heavy (non-hydrogen) atoms. The first kappa shape index (κ1) is 20.9. The molecule has 2 heterocycles. The lowest BCUT2D eigenvalue weighted by Crippen LogP contribution is -2.47. The number of benzene rings is 1. The third-order valence-corrected chi connectivity index (χ3v) is 5.97. The number of ether oxygens (including phenoxy) is 2. The number of anilines is 1. The van der Waals surface area contributed by atoms with Crippen LogP contribution in [-0.4, -0.2) is 67.0 Å². The van der Waals surface area contributed by atoms with Crippen LogP contribution in [0.2, 0.25) is 0 Å². The van der Waals surface area contributed by atoms with E-state index in [2.05, 4.69) is 15.5 Å². The second kappa shape index (κ2) is 9.66. The molecular formula is C22H31N3O5. The second-order valence-corrected chi connectivity index (χ2v) is 8.56. The Morgan fingerprint density at radius 1 is 1.23 bits per heavy atom. The van der Waals surface area contributed by atoms with E-state index < -0.39 is 6.10 Å². The summed E-state index contributed by atoms with van der Waals surface area (Å²) in [5.41, 5.74) is 1.79. The van der Waals surface area contributed by atoms with Crippen LogP contribution >= 0.6 is 0 Å². The maximum absolute atomic E-state index is 11.8. The van der Waals surface area contributed by atoms with E-state index in [1.165, 1.54) is 12.8 Å². The van der Waals surface area contributed by atoms with Gasteiger partial charge in [-0.3, -0.25) is 4.79 Å². The lowest BCUT2D eigenvalue weighted by molar-refractivity contribution is -0.116. The van der Waals surface area contributed by atoms with Crippen LogP contribution in [-0.2, 0) is 16.0 Å². The van der Waals surface area contributed by atoms with E-state index in [1.807, 2.05) is 18.2 Å². The molecule has 2 fully saturated rings. The van der Waals surface area contributed by atoms with Gasteiger partial charge in [-0.15, -0.1) is 0 Å². The number of fused-ring (bicyclic) bond motifs is 1. The number of carbonyl (C=O) groups excluding carboxylic acids is 2. The molecule has 3 aliphatic rings. The zero-order valence-corrected chi connectivity index (χ0v) is 17.3. The molecule has 1 atom stereocenters. The average Bonchev–Trinajstić information content (AvgIpc) is 3.56. The number of β-amino-alcohol motifs (C(OH)–C–C–N with tert-alkyl or cyclic N) is 1. The first-order chi connectivity index (χ1) is 14.6.